The predicted octanol–water partition coefficient (Wildman–Crippen LogP) is 3.65. The Kier molecular flexibility index (Phi) is 6.75. The van der Waals surface area contributed by atoms with Crippen molar-refractivity contribution in [3.05, 3.63) is 64.8 Å². The monoisotopic (exact) mass is 485 g/mol. The molecule has 5 rings (SSSR count). The van der Waals surface area contributed by atoms with Gasteiger partial charge in [0.05, 0.1) is 42.1 Å². The van der Waals surface area contributed by atoms with Crippen LogP contribution < -0.4 is 4.80 Å². The molecule has 174 valence electrons. The van der Waals surface area contributed by atoms with Crippen molar-refractivity contribution in [3.63, 3.8) is 0 Å². The van der Waals surface area contributed by atoms with E-state index < -0.39 is 10.0 Å². The number of hydrogen-bond acceptors (Lipinski definition) is 6. The molecule has 2 aliphatic rings. The summed E-state index contributed by atoms with van der Waals surface area (Å²) in [4.78, 5) is 6.07. The van der Waals surface area contributed by atoms with Crippen molar-refractivity contribution in [3.8, 4) is 11.3 Å². The van der Waals surface area contributed by atoms with Crippen molar-refractivity contribution in [1.82, 2.24) is 8.87 Å². The number of sulfonamides is 1. The van der Waals surface area contributed by atoms with E-state index in [2.05, 4.69) is 9.95 Å². The summed E-state index contributed by atoms with van der Waals surface area (Å²) in [5.74, 6) is 0. The average Bonchev–Trinajstić information content (AvgIpc) is 3.51. The molecule has 3 heterocycles. The fourth-order valence-corrected chi connectivity index (χ4v) is 6.51. The number of benzene rings is 2. The molecular formula is C24H27N3O4S2. The van der Waals surface area contributed by atoms with Gasteiger partial charge in [0.1, 0.15) is 0 Å². The van der Waals surface area contributed by atoms with Crippen LogP contribution in [0.15, 0.2) is 69.9 Å². The number of para-hydroxylation sites is 1. The molecular weight excluding hydrogens is 458 g/mol. The SMILES string of the molecule is O=S(=O)(c1ccc(-c2csc(=Nc3ccccc3)n2C[C@H]2CCCO2)cc1)N1CCOCC1. The Morgan fingerprint density at radius 2 is 1.76 bits per heavy atom. The van der Waals surface area contributed by atoms with Crippen LogP contribution in [0.4, 0.5) is 5.69 Å². The van der Waals surface area contributed by atoms with Crippen molar-refractivity contribution in [2.45, 2.75) is 30.4 Å². The van der Waals surface area contributed by atoms with Crippen molar-refractivity contribution >= 4 is 27.0 Å². The van der Waals surface area contributed by atoms with Gasteiger partial charge in [0, 0.05) is 25.1 Å². The molecule has 2 fully saturated rings. The highest BCUT2D eigenvalue weighted by Crippen LogP contribution is 2.26. The maximum atomic E-state index is 13.0. The van der Waals surface area contributed by atoms with E-state index in [1.165, 1.54) is 4.31 Å². The van der Waals surface area contributed by atoms with Gasteiger partial charge >= 0.3 is 0 Å². The lowest BCUT2D eigenvalue weighted by Crippen LogP contribution is -2.40. The summed E-state index contributed by atoms with van der Waals surface area (Å²) in [6, 6.07) is 17.1. The summed E-state index contributed by atoms with van der Waals surface area (Å²) in [5.41, 5.74) is 2.87. The van der Waals surface area contributed by atoms with Crippen LogP contribution in [0.3, 0.4) is 0 Å². The second kappa shape index (κ2) is 9.90. The molecule has 2 aliphatic heterocycles. The van der Waals surface area contributed by atoms with E-state index in [-0.39, 0.29) is 6.10 Å². The highest BCUT2D eigenvalue weighted by Gasteiger charge is 2.26. The minimum absolute atomic E-state index is 0.161. The molecule has 0 aliphatic carbocycles. The van der Waals surface area contributed by atoms with Crippen molar-refractivity contribution in [1.29, 1.82) is 0 Å². The zero-order chi connectivity index (χ0) is 22.7. The van der Waals surface area contributed by atoms with Gasteiger partial charge in [-0.3, -0.25) is 0 Å². The molecule has 1 atom stereocenters. The van der Waals surface area contributed by atoms with Gasteiger partial charge in [0.25, 0.3) is 0 Å². The lowest BCUT2D eigenvalue weighted by molar-refractivity contribution is 0.0730. The molecule has 3 aromatic rings. The Bertz CT molecular complexity index is 1240. The lowest BCUT2D eigenvalue weighted by Gasteiger charge is -2.26. The van der Waals surface area contributed by atoms with Crippen molar-refractivity contribution in [2.75, 3.05) is 32.9 Å². The van der Waals surface area contributed by atoms with Gasteiger partial charge in [-0.25, -0.2) is 13.4 Å². The van der Waals surface area contributed by atoms with Crippen LogP contribution in [-0.2, 0) is 26.0 Å². The van der Waals surface area contributed by atoms with E-state index in [0.29, 0.717) is 31.2 Å². The minimum atomic E-state index is -3.51. The van der Waals surface area contributed by atoms with Crippen LogP contribution in [0.25, 0.3) is 11.3 Å². The van der Waals surface area contributed by atoms with E-state index in [1.807, 2.05) is 42.5 Å². The summed E-state index contributed by atoms with van der Waals surface area (Å²) in [7, 11) is -3.51. The van der Waals surface area contributed by atoms with E-state index >= 15 is 0 Å². The number of hydrogen-bond donors (Lipinski definition) is 0. The van der Waals surface area contributed by atoms with Crippen LogP contribution in [0.1, 0.15) is 12.8 Å². The zero-order valence-corrected chi connectivity index (χ0v) is 19.9. The first-order valence-corrected chi connectivity index (χ1v) is 13.5. The zero-order valence-electron chi connectivity index (χ0n) is 18.3. The third kappa shape index (κ3) is 4.97. The van der Waals surface area contributed by atoms with Gasteiger partial charge in [-0.05, 0) is 42.7 Å². The van der Waals surface area contributed by atoms with Crippen molar-refractivity contribution in [2.24, 2.45) is 4.99 Å². The second-order valence-electron chi connectivity index (χ2n) is 8.14. The Morgan fingerprint density at radius 3 is 2.45 bits per heavy atom. The number of ether oxygens (including phenoxy) is 2. The normalized spacial score (nSPS) is 20.4. The molecule has 9 heteroatoms. The lowest BCUT2D eigenvalue weighted by atomic mass is 10.1. The summed E-state index contributed by atoms with van der Waals surface area (Å²) in [6.45, 7) is 3.16. The Balaban J connectivity index is 1.49. The molecule has 0 radical (unpaired) electrons. The first-order chi connectivity index (χ1) is 16.1. The quantitative estimate of drug-likeness (QED) is 0.534. The van der Waals surface area contributed by atoms with Gasteiger partial charge in [-0.1, -0.05) is 30.3 Å². The Hall–Kier alpha value is -2.30. The molecule has 2 saturated heterocycles. The highest BCUT2D eigenvalue weighted by molar-refractivity contribution is 7.89. The molecule has 33 heavy (non-hydrogen) atoms. The highest BCUT2D eigenvalue weighted by atomic mass is 32.2. The van der Waals surface area contributed by atoms with Crippen LogP contribution in [-0.4, -0.2) is 56.3 Å². The molecule has 1 aromatic heterocycles. The molecule has 0 amide bonds. The molecule has 7 nitrogen and oxygen atoms in total. The van der Waals surface area contributed by atoms with E-state index in [0.717, 1.165) is 47.7 Å². The first-order valence-electron chi connectivity index (χ1n) is 11.2. The summed E-state index contributed by atoms with van der Waals surface area (Å²) >= 11 is 1.58. The third-order valence-corrected chi connectivity index (χ3v) is 8.72. The number of nitrogens with zero attached hydrogens (tertiary/aromatic N) is 3. The molecule has 2 aromatic carbocycles. The molecule has 0 N–H and O–H groups in total. The molecule has 0 bridgehead atoms. The van der Waals surface area contributed by atoms with Gasteiger partial charge < -0.3 is 14.0 Å². The smallest absolute Gasteiger partial charge is 0.243 e. The molecule has 0 spiro atoms. The summed E-state index contributed by atoms with van der Waals surface area (Å²) in [6.07, 6.45) is 2.27. The topological polar surface area (TPSA) is 73.1 Å². The number of morpholine rings is 1. The predicted molar refractivity (Wildman–Crippen MR) is 128 cm³/mol. The van der Waals surface area contributed by atoms with Crippen molar-refractivity contribution < 1.29 is 17.9 Å². The van der Waals surface area contributed by atoms with Crippen LogP contribution in [0, 0.1) is 0 Å². The molecule has 0 unspecified atom stereocenters. The van der Waals surface area contributed by atoms with Gasteiger partial charge in [0.15, 0.2) is 4.80 Å². The standard InChI is InChI=1S/C24H27N3O4S2/c28-33(29,26-12-15-30-16-13-26)22-10-8-19(9-11-22)23-18-32-24(25-20-5-2-1-3-6-20)27(23)17-21-7-4-14-31-21/h1-3,5-6,8-11,18,21H,4,7,12-17H2/t21-/m1/s1. The Labute approximate surface area is 198 Å². The second-order valence-corrected chi connectivity index (χ2v) is 10.9. The first kappa shape index (κ1) is 22.5. The third-order valence-electron chi connectivity index (χ3n) is 5.95. The Morgan fingerprint density at radius 1 is 1.00 bits per heavy atom. The fraction of sp³-hybridized carbons (Fsp3) is 0.375. The number of aromatic nitrogens is 1. The average molecular weight is 486 g/mol. The number of thiazole rings is 1. The maximum absolute atomic E-state index is 13.0. The molecule has 0 saturated carbocycles. The summed E-state index contributed by atoms with van der Waals surface area (Å²) in [5, 5.41) is 2.09. The van der Waals surface area contributed by atoms with Crippen LogP contribution in [0.2, 0.25) is 0 Å². The van der Waals surface area contributed by atoms with Crippen LogP contribution in [0.5, 0.6) is 0 Å². The van der Waals surface area contributed by atoms with Crippen LogP contribution >= 0.6 is 11.3 Å². The number of rotatable bonds is 6. The van der Waals surface area contributed by atoms with E-state index in [4.69, 9.17) is 14.5 Å². The van der Waals surface area contributed by atoms with E-state index in [9.17, 15) is 8.42 Å². The summed E-state index contributed by atoms with van der Waals surface area (Å²) < 4.78 is 40.8. The largest absolute Gasteiger partial charge is 0.379 e. The maximum Gasteiger partial charge on any atom is 0.243 e. The van der Waals surface area contributed by atoms with E-state index in [1.54, 1.807) is 23.5 Å². The minimum Gasteiger partial charge on any atom is -0.379 e. The van der Waals surface area contributed by atoms with Gasteiger partial charge in [-0.15, -0.1) is 11.3 Å². The van der Waals surface area contributed by atoms with Gasteiger partial charge in [-0.2, -0.15) is 4.31 Å². The van der Waals surface area contributed by atoms with Gasteiger partial charge in [0.2, 0.25) is 10.0 Å². The fourth-order valence-electron chi connectivity index (χ4n) is 4.16.